The number of ether oxygens (including phenoxy) is 1. The predicted octanol–water partition coefficient (Wildman–Crippen LogP) is 1.98. The number of aliphatic hydroxyl groups excluding tert-OH is 1. The lowest BCUT2D eigenvalue weighted by Gasteiger charge is -2.17. The topological polar surface area (TPSA) is 55.5 Å². The number of hydrogen-bond acceptors (Lipinski definition) is 4. The number of hydrogen-bond donors (Lipinski definition) is 2. The Morgan fingerprint density at radius 3 is 3.00 bits per heavy atom. The first-order chi connectivity index (χ1) is 8.65. The molecule has 0 amide bonds. The Labute approximate surface area is 113 Å². The zero-order chi connectivity index (χ0) is 13.1. The molecular weight excluding hydrogens is 246 g/mol. The average Bonchev–Trinajstić information content (AvgIpc) is 2.72. The third kappa shape index (κ3) is 2.82. The number of nitrogens with two attached hydrogens (primary N) is 1. The van der Waals surface area contributed by atoms with Gasteiger partial charge in [-0.25, -0.2) is 0 Å². The lowest BCUT2D eigenvalue weighted by Crippen LogP contribution is -2.20. The van der Waals surface area contributed by atoms with Gasteiger partial charge < -0.3 is 15.6 Å². The molecule has 0 spiro atoms. The lowest BCUT2D eigenvalue weighted by atomic mass is 10.1. The number of aliphatic hydroxyl groups is 1. The molecule has 0 saturated heterocycles. The maximum Gasteiger partial charge on any atom is 0.119 e. The molecule has 0 heterocycles. The van der Waals surface area contributed by atoms with Gasteiger partial charge in [-0.1, -0.05) is 13.0 Å². The van der Waals surface area contributed by atoms with Crippen molar-refractivity contribution in [2.45, 2.75) is 24.6 Å². The van der Waals surface area contributed by atoms with Crippen molar-refractivity contribution in [3.05, 3.63) is 29.3 Å². The molecule has 1 aliphatic carbocycles. The highest BCUT2D eigenvalue weighted by Gasteiger charge is 2.30. The van der Waals surface area contributed by atoms with Crippen molar-refractivity contribution in [1.82, 2.24) is 0 Å². The SMILES string of the molecule is COc1ccc2c(c1)C(N)C(SCC(C)CO)C2. The van der Waals surface area contributed by atoms with Crippen molar-refractivity contribution < 1.29 is 9.84 Å². The molecule has 3 unspecified atom stereocenters. The Morgan fingerprint density at radius 1 is 1.56 bits per heavy atom. The second-order valence-corrected chi connectivity index (χ2v) is 6.23. The number of rotatable bonds is 5. The van der Waals surface area contributed by atoms with Crippen LogP contribution in [0.2, 0.25) is 0 Å². The van der Waals surface area contributed by atoms with Crippen molar-refractivity contribution >= 4 is 11.8 Å². The van der Waals surface area contributed by atoms with Crippen LogP contribution in [0, 0.1) is 5.92 Å². The summed E-state index contributed by atoms with van der Waals surface area (Å²) >= 11 is 1.87. The van der Waals surface area contributed by atoms with Gasteiger partial charge in [-0.2, -0.15) is 11.8 Å². The minimum atomic E-state index is 0.0750. The van der Waals surface area contributed by atoms with E-state index < -0.39 is 0 Å². The van der Waals surface area contributed by atoms with E-state index in [9.17, 15) is 0 Å². The fraction of sp³-hybridized carbons (Fsp3) is 0.571. The molecule has 0 aromatic heterocycles. The highest BCUT2D eigenvalue weighted by atomic mass is 32.2. The van der Waals surface area contributed by atoms with E-state index in [1.165, 1.54) is 11.1 Å². The van der Waals surface area contributed by atoms with Crippen molar-refractivity contribution in [3.8, 4) is 5.75 Å². The zero-order valence-electron chi connectivity index (χ0n) is 10.9. The predicted molar refractivity (Wildman–Crippen MR) is 76.1 cm³/mol. The minimum absolute atomic E-state index is 0.0750. The van der Waals surface area contributed by atoms with Crippen molar-refractivity contribution in [1.29, 1.82) is 0 Å². The van der Waals surface area contributed by atoms with Crippen LogP contribution in [-0.2, 0) is 6.42 Å². The van der Waals surface area contributed by atoms with E-state index in [0.717, 1.165) is 17.9 Å². The molecule has 1 aliphatic rings. The Hall–Kier alpha value is -0.710. The highest BCUT2D eigenvalue weighted by Crippen LogP contribution is 2.39. The fourth-order valence-electron chi connectivity index (χ4n) is 2.24. The van der Waals surface area contributed by atoms with E-state index >= 15 is 0 Å². The molecule has 18 heavy (non-hydrogen) atoms. The van der Waals surface area contributed by atoms with E-state index in [0.29, 0.717) is 11.2 Å². The second kappa shape index (κ2) is 5.95. The van der Waals surface area contributed by atoms with E-state index in [-0.39, 0.29) is 12.6 Å². The molecule has 3 N–H and O–H groups in total. The van der Waals surface area contributed by atoms with Gasteiger partial charge in [-0.3, -0.25) is 0 Å². The van der Waals surface area contributed by atoms with Gasteiger partial charge in [0, 0.05) is 17.9 Å². The first-order valence-corrected chi connectivity index (χ1v) is 7.35. The maximum absolute atomic E-state index is 9.06. The summed E-state index contributed by atoms with van der Waals surface area (Å²) in [6.45, 7) is 2.30. The standard InChI is InChI=1S/C14H21NO2S/c1-9(7-16)8-18-13-5-10-3-4-11(17-2)6-12(10)14(13)15/h3-4,6,9,13-14,16H,5,7-8,15H2,1-2H3. The van der Waals surface area contributed by atoms with Gasteiger partial charge in [0.05, 0.1) is 7.11 Å². The number of methoxy groups -OCH3 is 1. The van der Waals surface area contributed by atoms with Gasteiger partial charge in [0.2, 0.25) is 0 Å². The van der Waals surface area contributed by atoms with Crippen molar-refractivity contribution in [2.75, 3.05) is 19.5 Å². The summed E-state index contributed by atoms with van der Waals surface area (Å²) in [5, 5.41) is 9.47. The minimum Gasteiger partial charge on any atom is -0.497 e. The number of fused-ring (bicyclic) bond motifs is 1. The largest absolute Gasteiger partial charge is 0.497 e. The molecule has 0 bridgehead atoms. The van der Waals surface area contributed by atoms with Gasteiger partial charge in [0.15, 0.2) is 0 Å². The molecule has 1 aromatic rings. The van der Waals surface area contributed by atoms with E-state index in [1.54, 1.807) is 7.11 Å². The summed E-state index contributed by atoms with van der Waals surface area (Å²) in [7, 11) is 1.68. The Kier molecular flexibility index (Phi) is 4.54. The summed E-state index contributed by atoms with van der Waals surface area (Å²) in [6.07, 6.45) is 1.02. The van der Waals surface area contributed by atoms with E-state index in [4.69, 9.17) is 15.6 Å². The third-order valence-corrected chi connectivity index (χ3v) is 5.09. The quantitative estimate of drug-likeness (QED) is 0.856. The normalized spacial score (nSPS) is 23.8. The smallest absolute Gasteiger partial charge is 0.119 e. The molecule has 0 radical (unpaired) electrons. The summed E-state index contributed by atoms with van der Waals surface area (Å²) in [6, 6.07) is 6.24. The van der Waals surface area contributed by atoms with Crippen molar-refractivity contribution in [2.24, 2.45) is 11.7 Å². The monoisotopic (exact) mass is 267 g/mol. The Balaban J connectivity index is 2.03. The fourth-order valence-corrected chi connectivity index (χ4v) is 3.58. The van der Waals surface area contributed by atoms with Crippen LogP contribution in [0.5, 0.6) is 5.75 Å². The second-order valence-electron chi connectivity index (χ2n) is 4.95. The van der Waals surface area contributed by atoms with Crippen LogP contribution < -0.4 is 10.5 Å². The molecule has 100 valence electrons. The summed E-state index contributed by atoms with van der Waals surface area (Å²) < 4.78 is 5.24. The summed E-state index contributed by atoms with van der Waals surface area (Å²) in [4.78, 5) is 0. The van der Waals surface area contributed by atoms with Gasteiger partial charge >= 0.3 is 0 Å². The van der Waals surface area contributed by atoms with Gasteiger partial charge in [0.1, 0.15) is 5.75 Å². The van der Waals surface area contributed by atoms with Crippen LogP contribution in [0.4, 0.5) is 0 Å². The highest BCUT2D eigenvalue weighted by molar-refractivity contribution is 7.99. The van der Waals surface area contributed by atoms with Crippen LogP contribution in [0.1, 0.15) is 24.1 Å². The van der Waals surface area contributed by atoms with Crippen LogP contribution in [0.25, 0.3) is 0 Å². The van der Waals surface area contributed by atoms with Crippen LogP contribution in [0.3, 0.4) is 0 Å². The summed E-state index contributed by atoms with van der Waals surface area (Å²) in [5.41, 5.74) is 8.85. The first kappa shape index (κ1) is 13.7. The molecule has 3 nitrogen and oxygen atoms in total. The molecule has 0 aliphatic heterocycles. The molecule has 0 fully saturated rings. The van der Waals surface area contributed by atoms with Gasteiger partial charge in [-0.05, 0) is 41.4 Å². The summed E-state index contributed by atoms with van der Waals surface area (Å²) in [5.74, 6) is 2.17. The Bertz CT molecular complexity index is 411. The van der Waals surface area contributed by atoms with Gasteiger partial charge in [0.25, 0.3) is 0 Å². The Morgan fingerprint density at radius 2 is 2.33 bits per heavy atom. The molecule has 2 rings (SSSR count). The lowest BCUT2D eigenvalue weighted by molar-refractivity contribution is 0.250. The van der Waals surface area contributed by atoms with Crippen LogP contribution >= 0.6 is 11.8 Å². The van der Waals surface area contributed by atoms with E-state index in [2.05, 4.69) is 19.1 Å². The molecule has 4 heteroatoms. The molecular formula is C14H21NO2S. The average molecular weight is 267 g/mol. The first-order valence-electron chi connectivity index (χ1n) is 6.30. The van der Waals surface area contributed by atoms with Gasteiger partial charge in [-0.15, -0.1) is 0 Å². The zero-order valence-corrected chi connectivity index (χ0v) is 11.7. The third-order valence-electron chi connectivity index (χ3n) is 3.44. The van der Waals surface area contributed by atoms with Crippen LogP contribution in [-0.4, -0.2) is 29.8 Å². The molecule has 0 saturated carbocycles. The van der Waals surface area contributed by atoms with E-state index in [1.807, 2.05) is 17.8 Å². The number of thioether (sulfide) groups is 1. The molecule has 3 atom stereocenters. The number of benzene rings is 1. The maximum atomic E-state index is 9.06. The van der Waals surface area contributed by atoms with Crippen molar-refractivity contribution in [3.63, 3.8) is 0 Å². The molecule has 1 aromatic carbocycles. The van der Waals surface area contributed by atoms with Crippen LogP contribution in [0.15, 0.2) is 18.2 Å².